The molecule has 4 heteroatoms. The second-order valence-electron chi connectivity index (χ2n) is 2.85. The van der Waals surface area contributed by atoms with Crippen LogP contribution >= 0.6 is 15.9 Å². The quantitative estimate of drug-likeness (QED) is 0.462. The zero-order valence-electron chi connectivity index (χ0n) is 7.53. The molecule has 3 nitrogen and oxygen atoms in total. The molecule has 0 fully saturated rings. The summed E-state index contributed by atoms with van der Waals surface area (Å²) in [5.74, 6) is 2.23. The van der Waals surface area contributed by atoms with Gasteiger partial charge in [-0.15, -0.1) is 6.42 Å². The largest absolute Gasteiger partial charge is 0.274 e. The van der Waals surface area contributed by atoms with E-state index in [0.29, 0.717) is 10.0 Å². The smallest absolute Gasteiger partial charge is 0.258 e. The Morgan fingerprint density at radius 3 is 2.79 bits per heavy atom. The van der Waals surface area contributed by atoms with Crippen molar-refractivity contribution < 1.29 is 4.92 Å². The van der Waals surface area contributed by atoms with Gasteiger partial charge in [-0.2, -0.15) is 0 Å². The molecule has 0 amide bonds. The van der Waals surface area contributed by atoms with Crippen LogP contribution in [0.1, 0.15) is 18.4 Å². The molecule has 0 saturated carbocycles. The molecule has 72 valence electrons. The Morgan fingerprint density at radius 2 is 2.29 bits per heavy atom. The van der Waals surface area contributed by atoms with E-state index < -0.39 is 4.92 Å². The molecule has 0 radical (unpaired) electrons. The third kappa shape index (κ3) is 2.12. The molecule has 0 heterocycles. The van der Waals surface area contributed by atoms with Gasteiger partial charge in [0.25, 0.3) is 5.69 Å². The summed E-state index contributed by atoms with van der Waals surface area (Å²) in [5.41, 5.74) is 0.630. The van der Waals surface area contributed by atoms with E-state index >= 15 is 0 Å². The Hall–Kier alpha value is -1.34. The lowest BCUT2D eigenvalue weighted by atomic mass is 10.0. The van der Waals surface area contributed by atoms with Crippen LogP contribution in [0, 0.1) is 22.5 Å². The molecule has 0 N–H and O–H groups in total. The maximum absolute atomic E-state index is 10.7. The summed E-state index contributed by atoms with van der Waals surface area (Å²) in [6.45, 7) is 1.76. The van der Waals surface area contributed by atoms with Gasteiger partial charge in [0.2, 0.25) is 0 Å². The number of hydrogen-bond donors (Lipinski definition) is 0. The van der Waals surface area contributed by atoms with Crippen molar-refractivity contribution in [1.82, 2.24) is 0 Å². The molecule has 1 aromatic rings. The van der Waals surface area contributed by atoms with E-state index in [2.05, 4.69) is 21.9 Å². The number of nitro groups is 1. The molecule has 0 aliphatic carbocycles. The van der Waals surface area contributed by atoms with Crippen LogP contribution < -0.4 is 0 Å². The first kappa shape index (κ1) is 10.7. The molecular weight excluding hydrogens is 246 g/mol. The molecule has 1 rings (SSSR count). The Morgan fingerprint density at radius 1 is 1.64 bits per heavy atom. The van der Waals surface area contributed by atoms with E-state index in [0.717, 1.165) is 0 Å². The number of terminal acetylenes is 1. The monoisotopic (exact) mass is 253 g/mol. The van der Waals surface area contributed by atoms with Crippen molar-refractivity contribution in [2.45, 2.75) is 12.8 Å². The van der Waals surface area contributed by atoms with E-state index in [-0.39, 0.29) is 11.6 Å². The Labute approximate surface area is 90.4 Å². The molecule has 14 heavy (non-hydrogen) atoms. The summed E-state index contributed by atoms with van der Waals surface area (Å²) in [4.78, 5) is 10.3. The van der Waals surface area contributed by atoms with Crippen molar-refractivity contribution in [3.05, 3.63) is 38.3 Å². The average Bonchev–Trinajstić information content (AvgIpc) is 2.16. The van der Waals surface area contributed by atoms with Crippen molar-refractivity contribution in [2.75, 3.05) is 0 Å². The molecule has 0 saturated heterocycles. The number of halogens is 1. The highest BCUT2D eigenvalue weighted by atomic mass is 79.9. The van der Waals surface area contributed by atoms with Crippen LogP contribution in [0.25, 0.3) is 0 Å². The van der Waals surface area contributed by atoms with E-state index in [1.807, 2.05) is 0 Å². The lowest BCUT2D eigenvalue weighted by Gasteiger charge is -2.05. The van der Waals surface area contributed by atoms with Crippen LogP contribution in [0.4, 0.5) is 5.69 Å². The van der Waals surface area contributed by atoms with Crippen molar-refractivity contribution in [3.8, 4) is 12.3 Å². The number of nitrogens with zero attached hydrogens (tertiary/aromatic N) is 1. The Balaban J connectivity index is 3.30. The summed E-state index contributed by atoms with van der Waals surface area (Å²) in [6.07, 6.45) is 5.23. The van der Waals surface area contributed by atoms with E-state index in [1.54, 1.807) is 19.1 Å². The second kappa shape index (κ2) is 4.25. The summed E-state index contributed by atoms with van der Waals surface area (Å²) in [6, 6.07) is 4.88. The first-order chi connectivity index (χ1) is 6.56. The highest BCUT2D eigenvalue weighted by Crippen LogP contribution is 2.28. The lowest BCUT2D eigenvalue weighted by molar-refractivity contribution is -0.385. The van der Waals surface area contributed by atoms with Gasteiger partial charge in [0.15, 0.2) is 0 Å². The van der Waals surface area contributed by atoms with E-state index in [1.165, 1.54) is 6.07 Å². The third-order valence-electron chi connectivity index (χ3n) is 1.91. The fourth-order valence-corrected chi connectivity index (χ4v) is 1.48. The second-order valence-corrected chi connectivity index (χ2v) is 3.76. The van der Waals surface area contributed by atoms with Gasteiger partial charge >= 0.3 is 0 Å². The van der Waals surface area contributed by atoms with Crippen LogP contribution in [0.5, 0.6) is 0 Å². The van der Waals surface area contributed by atoms with Crippen LogP contribution in [0.2, 0.25) is 0 Å². The zero-order chi connectivity index (χ0) is 10.7. The van der Waals surface area contributed by atoms with Crippen molar-refractivity contribution in [2.24, 2.45) is 0 Å². The molecule has 0 aliphatic rings. The van der Waals surface area contributed by atoms with Crippen LogP contribution in [-0.2, 0) is 0 Å². The van der Waals surface area contributed by atoms with Crippen molar-refractivity contribution in [1.29, 1.82) is 0 Å². The topological polar surface area (TPSA) is 43.1 Å². The molecule has 0 spiro atoms. The predicted molar refractivity (Wildman–Crippen MR) is 58.0 cm³/mol. The summed E-state index contributed by atoms with van der Waals surface area (Å²) in [7, 11) is 0. The number of rotatable bonds is 2. The molecule has 1 atom stereocenters. The minimum Gasteiger partial charge on any atom is -0.258 e. The maximum atomic E-state index is 10.7. The van der Waals surface area contributed by atoms with Gasteiger partial charge in [-0.25, -0.2) is 0 Å². The molecule has 0 aliphatic heterocycles. The van der Waals surface area contributed by atoms with Crippen LogP contribution in [-0.4, -0.2) is 4.92 Å². The predicted octanol–water partition coefficient (Wildman–Crippen LogP) is 3.09. The van der Waals surface area contributed by atoms with Gasteiger partial charge < -0.3 is 0 Å². The van der Waals surface area contributed by atoms with Crippen molar-refractivity contribution in [3.63, 3.8) is 0 Å². The van der Waals surface area contributed by atoms with E-state index in [4.69, 9.17) is 6.42 Å². The Kier molecular flexibility index (Phi) is 3.26. The minimum absolute atomic E-state index is 0.0600. The lowest BCUT2D eigenvalue weighted by Crippen LogP contribution is -1.98. The summed E-state index contributed by atoms with van der Waals surface area (Å²) in [5, 5.41) is 10.7. The zero-order valence-corrected chi connectivity index (χ0v) is 9.11. The van der Waals surface area contributed by atoms with Gasteiger partial charge in [-0.05, 0) is 19.1 Å². The molecule has 0 aromatic heterocycles. The van der Waals surface area contributed by atoms with Gasteiger partial charge in [-0.1, -0.05) is 21.9 Å². The highest BCUT2D eigenvalue weighted by molar-refractivity contribution is 9.10. The van der Waals surface area contributed by atoms with Gasteiger partial charge in [0.05, 0.1) is 4.92 Å². The average molecular weight is 254 g/mol. The van der Waals surface area contributed by atoms with Crippen LogP contribution in [0.3, 0.4) is 0 Å². The van der Waals surface area contributed by atoms with Gasteiger partial charge in [-0.3, -0.25) is 10.1 Å². The van der Waals surface area contributed by atoms with Gasteiger partial charge in [0.1, 0.15) is 0 Å². The standard InChI is InChI=1S/C10H8BrNO2/c1-3-7(2)9-5-4-8(11)6-10(9)12(13)14/h1,4-7H,2H3. The number of benzene rings is 1. The molecular formula is C10H8BrNO2. The Bertz CT molecular complexity index is 409. The fourth-order valence-electron chi connectivity index (χ4n) is 1.13. The van der Waals surface area contributed by atoms with E-state index in [9.17, 15) is 10.1 Å². The van der Waals surface area contributed by atoms with Gasteiger partial charge in [0, 0.05) is 22.0 Å². The molecule has 1 unspecified atom stereocenters. The summed E-state index contributed by atoms with van der Waals surface area (Å²) >= 11 is 3.18. The fraction of sp³-hybridized carbons (Fsp3) is 0.200. The molecule has 1 aromatic carbocycles. The van der Waals surface area contributed by atoms with Crippen molar-refractivity contribution >= 4 is 21.6 Å². The first-order valence-corrected chi connectivity index (χ1v) is 4.75. The number of hydrogen-bond acceptors (Lipinski definition) is 2. The minimum atomic E-state index is -0.423. The summed E-state index contributed by atoms with van der Waals surface area (Å²) < 4.78 is 0.678. The molecule has 0 bridgehead atoms. The SMILES string of the molecule is C#CC(C)c1ccc(Br)cc1[N+](=O)[O-]. The maximum Gasteiger partial charge on any atom is 0.274 e. The van der Waals surface area contributed by atoms with Crippen LogP contribution in [0.15, 0.2) is 22.7 Å². The third-order valence-corrected chi connectivity index (χ3v) is 2.40. The first-order valence-electron chi connectivity index (χ1n) is 3.96. The number of nitro benzene ring substituents is 1. The normalized spacial score (nSPS) is 11.8. The highest BCUT2D eigenvalue weighted by Gasteiger charge is 2.17.